The minimum Gasteiger partial charge on any atom is -0.378 e. The third-order valence-electron chi connectivity index (χ3n) is 2.12. The first kappa shape index (κ1) is 9.15. The van der Waals surface area contributed by atoms with Crippen LogP contribution in [0.15, 0.2) is 9.26 Å². The fourth-order valence-corrected chi connectivity index (χ4v) is 1.75. The maximum Gasteiger partial charge on any atom is 0.238 e. The van der Waals surface area contributed by atoms with Gasteiger partial charge in [-0.3, -0.25) is 0 Å². The third kappa shape index (κ3) is 2.51. The van der Waals surface area contributed by atoms with E-state index >= 15 is 0 Å². The van der Waals surface area contributed by atoms with Crippen molar-refractivity contribution >= 4 is 15.9 Å². The number of aromatic nitrogens is 2. The largest absolute Gasteiger partial charge is 0.378 e. The first-order valence-corrected chi connectivity index (χ1v) is 5.23. The van der Waals surface area contributed by atoms with Crippen molar-refractivity contribution in [2.75, 3.05) is 6.61 Å². The summed E-state index contributed by atoms with van der Waals surface area (Å²) in [4.78, 5) is 4.06. The predicted octanol–water partition coefficient (Wildman–Crippen LogP) is 1.94. The van der Waals surface area contributed by atoms with Gasteiger partial charge >= 0.3 is 0 Å². The van der Waals surface area contributed by atoms with Crippen molar-refractivity contribution in [1.29, 1.82) is 0 Å². The van der Waals surface area contributed by atoms with Crippen molar-refractivity contribution in [3.63, 3.8) is 0 Å². The van der Waals surface area contributed by atoms with E-state index < -0.39 is 0 Å². The number of nitrogens with zero attached hydrogens (tertiary/aromatic N) is 2. The highest BCUT2D eigenvalue weighted by Crippen LogP contribution is 2.16. The molecule has 1 aliphatic heterocycles. The highest BCUT2D eigenvalue weighted by Gasteiger charge is 2.17. The second kappa shape index (κ2) is 4.19. The Bertz CT molecular complexity index is 271. The van der Waals surface area contributed by atoms with E-state index in [0.29, 0.717) is 10.6 Å². The van der Waals surface area contributed by atoms with E-state index in [9.17, 15) is 0 Å². The van der Waals surface area contributed by atoms with Gasteiger partial charge in [0.15, 0.2) is 0 Å². The summed E-state index contributed by atoms with van der Waals surface area (Å²) < 4.78 is 11.0. The van der Waals surface area contributed by atoms with Crippen molar-refractivity contribution in [3.8, 4) is 0 Å². The van der Waals surface area contributed by atoms with Gasteiger partial charge in [0.25, 0.3) is 0 Å². The van der Waals surface area contributed by atoms with Gasteiger partial charge in [0, 0.05) is 6.61 Å². The van der Waals surface area contributed by atoms with E-state index in [1.165, 1.54) is 12.8 Å². The van der Waals surface area contributed by atoms with Crippen LogP contribution in [0, 0.1) is 0 Å². The SMILES string of the molecule is Brc1noc(CC2CCCCO2)n1. The van der Waals surface area contributed by atoms with E-state index in [1.54, 1.807) is 0 Å². The molecule has 0 radical (unpaired) electrons. The molecule has 2 heterocycles. The lowest BCUT2D eigenvalue weighted by Crippen LogP contribution is -2.21. The average molecular weight is 247 g/mol. The second-order valence-electron chi connectivity index (χ2n) is 3.15. The van der Waals surface area contributed by atoms with Crippen LogP contribution in [-0.2, 0) is 11.2 Å². The lowest BCUT2D eigenvalue weighted by atomic mass is 10.1. The van der Waals surface area contributed by atoms with Crippen molar-refractivity contribution in [2.45, 2.75) is 31.8 Å². The van der Waals surface area contributed by atoms with Gasteiger partial charge in [-0.2, -0.15) is 4.98 Å². The normalized spacial score (nSPS) is 23.3. The summed E-state index contributed by atoms with van der Waals surface area (Å²) in [6.07, 6.45) is 4.50. The molecule has 1 unspecified atom stereocenters. The molecule has 0 amide bonds. The average Bonchev–Trinajstić information content (AvgIpc) is 2.53. The topological polar surface area (TPSA) is 48.2 Å². The fourth-order valence-electron chi connectivity index (χ4n) is 1.48. The van der Waals surface area contributed by atoms with Crippen LogP contribution < -0.4 is 0 Å². The molecule has 1 aromatic heterocycles. The smallest absolute Gasteiger partial charge is 0.238 e. The third-order valence-corrected chi connectivity index (χ3v) is 2.44. The van der Waals surface area contributed by atoms with E-state index in [2.05, 4.69) is 26.1 Å². The molecule has 1 saturated heterocycles. The molecule has 13 heavy (non-hydrogen) atoms. The molecule has 0 aliphatic carbocycles. The van der Waals surface area contributed by atoms with Gasteiger partial charge in [-0.25, -0.2) is 0 Å². The maximum absolute atomic E-state index is 5.55. The lowest BCUT2D eigenvalue weighted by Gasteiger charge is -2.20. The summed E-state index contributed by atoms with van der Waals surface area (Å²) in [6, 6.07) is 0. The fraction of sp³-hybridized carbons (Fsp3) is 0.750. The van der Waals surface area contributed by atoms with Gasteiger partial charge in [-0.1, -0.05) is 0 Å². The maximum atomic E-state index is 5.55. The Balaban J connectivity index is 1.89. The molecular weight excluding hydrogens is 236 g/mol. The summed E-state index contributed by atoms with van der Waals surface area (Å²) in [5.74, 6) is 0.652. The van der Waals surface area contributed by atoms with Crippen LogP contribution in [-0.4, -0.2) is 22.9 Å². The van der Waals surface area contributed by atoms with Gasteiger partial charge in [-0.15, -0.1) is 0 Å². The molecule has 2 rings (SSSR count). The molecule has 72 valence electrons. The zero-order chi connectivity index (χ0) is 9.10. The summed E-state index contributed by atoms with van der Waals surface area (Å²) in [7, 11) is 0. The van der Waals surface area contributed by atoms with Crippen LogP contribution in [0.4, 0.5) is 0 Å². The summed E-state index contributed by atoms with van der Waals surface area (Å²) in [5.41, 5.74) is 0. The number of rotatable bonds is 2. The molecule has 4 nitrogen and oxygen atoms in total. The summed E-state index contributed by atoms with van der Waals surface area (Å²) >= 11 is 3.14. The lowest BCUT2D eigenvalue weighted by molar-refractivity contribution is 0.0124. The number of hydrogen-bond donors (Lipinski definition) is 0. The molecular formula is C8H11BrN2O2. The van der Waals surface area contributed by atoms with E-state index in [-0.39, 0.29) is 6.10 Å². The number of halogens is 1. The molecule has 0 saturated carbocycles. The molecule has 1 aromatic rings. The minimum absolute atomic E-state index is 0.265. The van der Waals surface area contributed by atoms with Crippen molar-refractivity contribution in [1.82, 2.24) is 10.1 Å². The predicted molar refractivity (Wildman–Crippen MR) is 49.3 cm³/mol. The molecule has 0 spiro atoms. The van der Waals surface area contributed by atoms with Crippen molar-refractivity contribution in [3.05, 3.63) is 10.6 Å². The Morgan fingerprint density at radius 3 is 3.00 bits per heavy atom. The highest BCUT2D eigenvalue weighted by molar-refractivity contribution is 9.10. The molecule has 5 heteroatoms. The highest BCUT2D eigenvalue weighted by atomic mass is 79.9. The second-order valence-corrected chi connectivity index (χ2v) is 3.86. The van der Waals surface area contributed by atoms with Gasteiger partial charge in [0.05, 0.1) is 12.5 Å². The van der Waals surface area contributed by atoms with Crippen molar-refractivity contribution < 1.29 is 9.26 Å². The first-order chi connectivity index (χ1) is 6.34. The first-order valence-electron chi connectivity index (χ1n) is 4.44. The Morgan fingerprint density at radius 2 is 2.38 bits per heavy atom. The molecule has 1 aliphatic rings. The van der Waals surface area contributed by atoms with E-state index in [1.807, 2.05) is 0 Å². The Morgan fingerprint density at radius 1 is 1.46 bits per heavy atom. The van der Waals surface area contributed by atoms with Crippen LogP contribution in [0.3, 0.4) is 0 Å². The quantitative estimate of drug-likeness (QED) is 0.801. The standard InChI is InChI=1S/C8H11BrN2O2/c9-8-10-7(13-11-8)5-6-3-1-2-4-12-6/h6H,1-5H2. The minimum atomic E-state index is 0.265. The Labute approximate surface area is 84.8 Å². The monoisotopic (exact) mass is 246 g/mol. The van der Waals surface area contributed by atoms with Crippen molar-refractivity contribution in [2.24, 2.45) is 0 Å². The van der Waals surface area contributed by atoms with Crippen LogP contribution in [0.25, 0.3) is 0 Å². The molecule has 1 fully saturated rings. The summed E-state index contributed by atoms with van der Waals surface area (Å²) in [6.45, 7) is 0.861. The molecule has 0 aromatic carbocycles. The number of ether oxygens (including phenoxy) is 1. The molecule has 0 bridgehead atoms. The number of hydrogen-bond acceptors (Lipinski definition) is 4. The van der Waals surface area contributed by atoms with Crippen LogP contribution >= 0.6 is 15.9 Å². The molecule has 0 N–H and O–H groups in total. The zero-order valence-electron chi connectivity index (χ0n) is 7.20. The van der Waals surface area contributed by atoms with Gasteiger partial charge in [0.1, 0.15) is 0 Å². The van der Waals surface area contributed by atoms with E-state index in [0.717, 1.165) is 19.4 Å². The Kier molecular flexibility index (Phi) is 2.95. The van der Waals surface area contributed by atoms with Crippen LogP contribution in [0.1, 0.15) is 25.2 Å². The Hall–Kier alpha value is -0.420. The van der Waals surface area contributed by atoms with Gasteiger partial charge in [0.2, 0.25) is 10.6 Å². The van der Waals surface area contributed by atoms with Gasteiger partial charge in [-0.05, 0) is 40.3 Å². The zero-order valence-corrected chi connectivity index (χ0v) is 8.79. The van der Waals surface area contributed by atoms with Crippen LogP contribution in [0.2, 0.25) is 0 Å². The molecule has 1 atom stereocenters. The summed E-state index contributed by atoms with van der Waals surface area (Å²) in [5, 5.41) is 3.66. The van der Waals surface area contributed by atoms with Gasteiger partial charge < -0.3 is 9.26 Å². The van der Waals surface area contributed by atoms with E-state index in [4.69, 9.17) is 9.26 Å². The van der Waals surface area contributed by atoms with Crippen LogP contribution in [0.5, 0.6) is 0 Å².